The number of unbranched alkanes of at least 4 members (excludes halogenated alkanes) is 7. The van der Waals surface area contributed by atoms with E-state index in [1.807, 2.05) is 6.92 Å². The first-order chi connectivity index (χ1) is 6.33. The van der Waals surface area contributed by atoms with Gasteiger partial charge in [-0.15, -0.1) is 0 Å². The summed E-state index contributed by atoms with van der Waals surface area (Å²) in [5, 5.41) is 0. The molecule has 1 heteroatoms. The van der Waals surface area contributed by atoms with Crippen molar-refractivity contribution < 1.29 is 0 Å². The van der Waals surface area contributed by atoms with E-state index in [-0.39, 0.29) is 0 Å². The van der Waals surface area contributed by atoms with Gasteiger partial charge in [0, 0.05) is 0 Å². The van der Waals surface area contributed by atoms with Gasteiger partial charge in [0.25, 0.3) is 0 Å². The molecule has 0 radical (unpaired) electrons. The molecule has 0 aromatic heterocycles. The average molecular weight is 187 g/mol. The zero-order chi connectivity index (χ0) is 10.4. The summed E-state index contributed by atoms with van der Waals surface area (Å²) in [5.74, 6) is 0. The van der Waals surface area contributed by atoms with Gasteiger partial charge in [-0.2, -0.15) is 0 Å². The number of rotatable bonds is 7. The molecule has 0 aliphatic heterocycles. The Morgan fingerprint density at radius 3 is 1.08 bits per heavy atom. The van der Waals surface area contributed by atoms with E-state index in [9.17, 15) is 0 Å². The zero-order valence-corrected chi connectivity index (χ0v) is 9.94. The maximum Gasteiger partial charge on any atom is -0.0106 e. The van der Waals surface area contributed by atoms with Crippen LogP contribution in [0.25, 0.3) is 0 Å². The first-order valence-corrected chi connectivity index (χ1v) is 6.03. The van der Waals surface area contributed by atoms with E-state index in [2.05, 4.69) is 13.8 Å². The molecule has 13 heavy (non-hydrogen) atoms. The van der Waals surface area contributed by atoms with Crippen LogP contribution in [-0.4, -0.2) is 6.54 Å². The molecule has 82 valence electrons. The number of hydrogen-bond acceptors (Lipinski definition) is 1. The normalized spacial score (nSPS) is 9.23. The molecule has 0 heterocycles. The van der Waals surface area contributed by atoms with Crippen LogP contribution in [0.1, 0.15) is 72.1 Å². The maximum absolute atomic E-state index is 4.85. The summed E-state index contributed by atoms with van der Waals surface area (Å²) in [6.45, 7) is 7.19. The van der Waals surface area contributed by atoms with Crippen molar-refractivity contribution >= 4 is 0 Å². The third-order valence-electron chi connectivity index (χ3n) is 1.96. The highest BCUT2D eigenvalue weighted by atomic mass is 14.5. The zero-order valence-electron chi connectivity index (χ0n) is 9.94. The minimum absolute atomic E-state index is 0.750. The molecular weight excluding hydrogens is 158 g/mol. The Kier molecular flexibility index (Phi) is 21.2. The van der Waals surface area contributed by atoms with Crippen molar-refractivity contribution in [1.82, 2.24) is 0 Å². The van der Waals surface area contributed by atoms with Crippen LogP contribution in [0.2, 0.25) is 0 Å². The van der Waals surface area contributed by atoms with Crippen LogP contribution in [0.5, 0.6) is 0 Å². The van der Waals surface area contributed by atoms with E-state index in [1.54, 1.807) is 0 Å². The van der Waals surface area contributed by atoms with Crippen LogP contribution in [-0.2, 0) is 0 Å². The predicted molar refractivity (Wildman–Crippen MR) is 63.0 cm³/mol. The van der Waals surface area contributed by atoms with Gasteiger partial charge in [0.05, 0.1) is 0 Å². The van der Waals surface area contributed by atoms with Gasteiger partial charge in [-0.3, -0.25) is 0 Å². The van der Waals surface area contributed by atoms with Crippen molar-refractivity contribution in [1.29, 1.82) is 0 Å². The molecule has 0 rings (SSSR count). The van der Waals surface area contributed by atoms with E-state index in [1.165, 1.54) is 51.4 Å². The van der Waals surface area contributed by atoms with Crippen molar-refractivity contribution in [3.05, 3.63) is 0 Å². The summed E-state index contributed by atoms with van der Waals surface area (Å²) >= 11 is 0. The molecule has 0 unspecified atom stereocenters. The van der Waals surface area contributed by atoms with Gasteiger partial charge in [0.2, 0.25) is 0 Å². The summed E-state index contributed by atoms with van der Waals surface area (Å²) in [5.41, 5.74) is 4.85. The lowest BCUT2D eigenvalue weighted by Crippen LogP contribution is -1.87. The van der Waals surface area contributed by atoms with Crippen molar-refractivity contribution in [3.63, 3.8) is 0 Å². The fourth-order valence-corrected chi connectivity index (χ4v) is 1.21. The van der Waals surface area contributed by atoms with Crippen molar-refractivity contribution in [2.24, 2.45) is 5.73 Å². The van der Waals surface area contributed by atoms with Crippen molar-refractivity contribution in [3.8, 4) is 0 Å². The topological polar surface area (TPSA) is 26.0 Å². The fraction of sp³-hybridized carbons (Fsp3) is 1.00. The van der Waals surface area contributed by atoms with E-state index in [4.69, 9.17) is 5.73 Å². The van der Waals surface area contributed by atoms with Gasteiger partial charge in [-0.25, -0.2) is 0 Å². The molecule has 0 aliphatic rings. The van der Waals surface area contributed by atoms with Gasteiger partial charge in [0.1, 0.15) is 0 Å². The molecule has 0 atom stereocenters. The lowest BCUT2D eigenvalue weighted by Gasteiger charge is -1.97. The van der Waals surface area contributed by atoms with E-state index in [0.29, 0.717) is 0 Å². The van der Waals surface area contributed by atoms with Crippen LogP contribution >= 0.6 is 0 Å². The number of hydrogen-bond donors (Lipinski definition) is 1. The Labute approximate surface area is 85.1 Å². The largest absolute Gasteiger partial charge is 0.331 e. The van der Waals surface area contributed by atoms with Crippen molar-refractivity contribution in [2.45, 2.75) is 72.1 Å². The SMILES string of the molecule is CCCCCCCCCC.CCN. The summed E-state index contributed by atoms with van der Waals surface area (Å²) in [7, 11) is 0. The molecule has 0 aliphatic carbocycles. The Morgan fingerprint density at radius 2 is 0.846 bits per heavy atom. The van der Waals surface area contributed by atoms with E-state index in [0.717, 1.165) is 6.54 Å². The van der Waals surface area contributed by atoms with Gasteiger partial charge in [-0.1, -0.05) is 72.1 Å². The molecule has 0 aromatic rings. The third-order valence-corrected chi connectivity index (χ3v) is 1.96. The van der Waals surface area contributed by atoms with Gasteiger partial charge in [-0.05, 0) is 6.54 Å². The molecule has 0 saturated heterocycles. The second kappa shape index (κ2) is 17.9. The van der Waals surface area contributed by atoms with Crippen LogP contribution in [0, 0.1) is 0 Å². The van der Waals surface area contributed by atoms with Crippen LogP contribution in [0.4, 0.5) is 0 Å². The van der Waals surface area contributed by atoms with Crippen LogP contribution in [0.15, 0.2) is 0 Å². The monoisotopic (exact) mass is 187 g/mol. The quantitative estimate of drug-likeness (QED) is 0.596. The molecule has 0 aromatic carbocycles. The van der Waals surface area contributed by atoms with Crippen LogP contribution < -0.4 is 5.73 Å². The van der Waals surface area contributed by atoms with E-state index < -0.39 is 0 Å². The standard InChI is InChI=1S/C10H22.C2H7N/c1-3-5-7-9-10-8-6-4-2;1-2-3/h3-10H2,1-2H3;2-3H2,1H3. The second-order valence-corrected chi connectivity index (χ2v) is 3.53. The number of nitrogens with two attached hydrogens (primary N) is 1. The van der Waals surface area contributed by atoms with Gasteiger partial charge < -0.3 is 5.73 Å². The predicted octanol–water partition coefficient (Wildman–Crippen LogP) is 4.11. The van der Waals surface area contributed by atoms with Crippen molar-refractivity contribution in [2.75, 3.05) is 6.54 Å². The molecular formula is C12H29N. The third kappa shape index (κ3) is 24.5. The van der Waals surface area contributed by atoms with Gasteiger partial charge in [0.15, 0.2) is 0 Å². The van der Waals surface area contributed by atoms with Crippen LogP contribution in [0.3, 0.4) is 0 Å². The minimum Gasteiger partial charge on any atom is -0.331 e. The Bertz CT molecular complexity index is 54.1. The Morgan fingerprint density at radius 1 is 0.615 bits per heavy atom. The Balaban J connectivity index is 0. The van der Waals surface area contributed by atoms with Gasteiger partial charge >= 0.3 is 0 Å². The molecule has 2 N–H and O–H groups in total. The molecule has 0 spiro atoms. The van der Waals surface area contributed by atoms with E-state index >= 15 is 0 Å². The smallest absolute Gasteiger partial charge is 0.0106 e. The first-order valence-electron chi connectivity index (χ1n) is 6.03. The molecule has 0 saturated carbocycles. The molecule has 0 bridgehead atoms. The summed E-state index contributed by atoms with van der Waals surface area (Å²) in [4.78, 5) is 0. The summed E-state index contributed by atoms with van der Waals surface area (Å²) in [6.07, 6.45) is 11.5. The molecule has 0 amide bonds. The minimum atomic E-state index is 0.750. The highest BCUT2D eigenvalue weighted by Gasteiger charge is 1.87. The summed E-state index contributed by atoms with van der Waals surface area (Å²) < 4.78 is 0. The maximum atomic E-state index is 4.85. The Hall–Kier alpha value is -0.0400. The second-order valence-electron chi connectivity index (χ2n) is 3.53. The lowest BCUT2D eigenvalue weighted by atomic mass is 10.1. The first kappa shape index (κ1) is 15.4. The highest BCUT2D eigenvalue weighted by Crippen LogP contribution is 2.07. The molecule has 1 nitrogen and oxygen atoms in total. The fourth-order valence-electron chi connectivity index (χ4n) is 1.21. The highest BCUT2D eigenvalue weighted by molar-refractivity contribution is 4.43. The lowest BCUT2D eigenvalue weighted by molar-refractivity contribution is 0.585. The average Bonchev–Trinajstić information content (AvgIpc) is 2.13. The molecule has 0 fully saturated rings. The summed E-state index contributed by atoms with van der Waals surface area (Å²) in [6, 6.07) is 0.